The van der Waals surface area contributed by atoms with Crippen LogP contribution in [0.5, 0.6) is 0 Å². The van der Waals surface area contributed by atoms with Crippen LogP contribution in [-0.4, -0.2) is 18.5 Å². The van der Waals surface area contributed by atoms with E-state index in [2.05, 4.69) is 5.32 Å². The standard InChI is InChI=1S/C16H13F2NO3/c1-10-5-6-14(13(18)7-10)19-15(20)9-22-16(21)11-3-2-4-12(17)8-11/h2-8H,9H2,1H3,(H,19,20). The van der Waals surface area contributed by atoms with Gasteiger partial charge in [0.1, 0.15) is 11.6 Å². The van der Waals surface area contributed by atoms with Crippen LogP contribution in [0.1, 0.15) is 15.9 Å². The van der Waals surface area contributed by atoms with Crippen LogP contribution < -0.4 is 5.32 Å². The van der Waals surface area contributed by atoms with Crippen LogP contribution in [0.3, 0.4) is 0 Å². The van der Waals surface area contributed by atoms with Crippen molar-refractivity contribution in [3.05, 3.63) is 65.2 Å². The number of rotatable bonds is 4. The number of hydrogen-bond acceptors (Lipinski definition) is 3. The molecule has 6 heteroatoms. The van der Waals surface area contributed by atoms with Crippen molar-refractivity contribution in [1.29, 1.82) is 0 Å². The highest BCUT2D eigenvalue weighted by Gasteiger charge is 2.12. The minimum atomic E-state index is -0.834. The number of halogens is 2. The summed E-state index contributed by atoms with van der Waals surface area (Å²) in [6.45, 7) is 1.12. The van der Waals surface area contributed by atoms with Gasteiger partial charge in [-0.05, 0) is 42.8 Å². The molecule has 0 unspecified atom stereocenters. The minimum absolute atomic E-state index is 0.00240. The van der Waals surface area contributed by atoms with Crippen LogP contribution in [0, 0.1) is 18.6 Å². The molecule has 1 amide bonds. The number of carbonyl (C=O) groups excluding carboxylic acids is 2. The number of anilines is 1. The summed E-state index contributed by atoms with van der Waals surface area (Å²) in [5.74, 6) is -2.68. The third-order valence-electron chi connectivity index (χ3n) is 2.79. The fraction of sp³-hybridized carbons (Fsp3) is 0.125. The summed E-state index contributed by atoms with van der Waals surface area (Å²) < 4.78 is 31.3. The lowest BCUT2D eigenvalue weighted by Gasteiger charge is -2.08. The second-order valence-corrected chi connectivity index (χ2v) is 4.62. The van der Waals surface area contributed by atoms with Gasteiger partial charge >= 0.3 is 5.97 Å². The number of aryl methyl sites for hydroxylation is 1. The Morgan fingerprint density at radius 2 is 1.91 bits per heavy atom. The van der Waals surface area contributed by atoms with Crippen LogP contribution in [-0.2, 0) is 9.53 Å². The number of benzene rings is 2. The zero-order chi connectivity index (χ0) is 16.1. The fourth-order valence-corrected chi connectivity index (χ4v) is 1.74. The molecule has 0 aliphatic rings. The summed E-state index contributed by atoms with van der Waals surface area (Å²) in [5, 5.41) is 2.29. The summed E-state index contributed by atoms with van der Waals surface area (Å²) in [6.07, 6.45) is 0. The molecular weight excluding hydrogens is 292 g/mol. The molecule has 0 radical (unpaired) electrons. The monoisotopic (exact) mass is 305 g/mol. The smallest absolute Gasteiger partial charge is 0.338 e. The van der Waals surface area contributed by atoms with E-state index in [1.807, 2.05) is 0 Å². The maximum atomic E-state index is 13.6. The lowest BCUT2D eigenvalue weighted by atomic mass is 10.2. The van der Waals surface area contributed by atoms with E-state index in [-0.39, 0.29) is 11.3 Å². The van der Waals surface area contributed by atoms with Crippen LogP contribution in [0.2, 0.25) is 0 Å². The van der Waals surface area contributed by atoms with E-state index < -0.39 is 30.1 Å². The molecule has 0 spiro atoms. The van der Waals surface area contributed by atoms with Gasteiger partial charge in [-0.2, -0.15) is 0 Å². The molecule has 22 heavy (non-hydrogen) atoms. The van der Waals surface area contributed by atoms with Crippen molar-refractivity contribution in [3.63, 3.8) is 0 Å². The molecule has 0 fully saturated rings. The third-order valence-corrected chi connectivity index (χ3v) is 2.79. The lowest BCUT2D eigenvalue weighted by Crippen LogP contribution is -2.21. The van der Waals surface area contributed by atoms with Gasteiger partial charge in [0.25, 0.3) is 5.91 Å². The number of amides is 1. The summed E-state index contributed by atoms with van der Waals surface area (Å²) in [6, 6.07) is 9.23. The summed E-state index contributed by atoms with van der Waals surface area (Å²) in [5.41, 5.74) is 0.708. The predicted octanol–water partition coefficient (Wildman–Crippen LogP) is 3.07. The van der Waals surface area contributed by atoms with E-state index in [1.165, 1.54) is 30.3 Å². The molecule has 0 aliphatic heterocycles. The van der Waals surface area contributed by atoms with E-state index in [9.17, 15) is 18.4 Å². The van der Waals surface area contributed by atoms with Crippen molar-refractivity contribution in [2.45, 2.75) is 6.92 Å². The number of esters is 1. The van der Waals surface area contributed by atoms with Gasteiger partial charge in [0, 0.05) is 0 Å². The number of nitrogens with one attached hydrogen (secondary N) is 1. The van der Waals surface area contributed by atoms with Gasteiger partial charge in [0.15, 0.2) is 6.61 Å². The zero-order valence-corrected chi connectivity index (χ0v) is 11.7. The second kappa shape index (κ2) is 6.80. The molecule has 4 nitrogen and oxygen atoms in total. The average molecular weight is 305 g/mol. The molecule has 1 N–H and O–H groups in total. The summed E-state index contributed by atoms with van der Waals surface area (Å²) in [7, 11) is 0. The molecule has 2 rings (SSSR count). The SMILES string of the molecule is Cc1ccc(NC(=O)COC(=O)c2cccc(F)c2)c(F)c1. The van der Waals surface area contributed by atoms with E-state index in [4.69, 9.17) is 4.74 Å². The van der Waals surface area contributed by atoms with Crippen molar-refractivity contribution in [3.8, 4) is 0 Å². The number of carbonyl (C=O) groups is 2. The molecule has 114 valence electrons. The Labute approximate surface area is 125 Å². The largest absolute Gasteiger partial charge is 0.452 e. The summed E-state index contributed by atoms with van der Waals surface area (Å²) >= 11 is 0. The van der Waals surface area contributed by atoms with Crippen LogP contribution >= 0.6 is 0 Å². The number of ether oxygens (including phenoxy) is 1. The van der Waals surface area contributed by atoms with E-state index in [0.717, 1.165) is 6.07 Å². The van der Waals surface area contributed by atoms with Gasteiger partial charge in [-0.15, -0.1) is 0 Å². The molecular formula is C16H13F2NO3. The molecule has 0 aliphatic carbocycles. The van der Waals surface area contributed by atoms with Gasteiger partial charge < -0.3 is 10.1 Å². The van der Waals surface area contributed by atoms with Gasteiger partial charge in [-0.25, -0.2) is 13.6 Å². The predicted molar refractivity (Wildman–Crippen MR) is 76.4 cm³/mol. The quantitative estimate of drug-likeness (QED) is 0.883. The molecule has 2 aromatic rings. The second-order valence-electron chi connectivity index (χ2n) is 4.62. The Balaban J connectivity index is 1.91. The average Bonchev–Trinajstić information content (AvgIpc) is 2.47. The molecule has 0 aromatic heterocycles. The van der Waals surface area contributed by atoms with Crippen LogP contribution in [0.25, 0.3) is 0 Å². The summed E-state index contributed by atoms with van der Waals surface area (Å²) in [4.78, 5) is 23.2. The van der Waals surface area contributed by atoms with E-state index in [0.29, 0.717) is 5.56 Å². The van der Waals surface area contributed by atoms with E-state index >= 15 is 0 Å². The zero-order valence-electron chi connectivity index (χ0n) is 11.7. The van der Waals surface area contributed by atoms with Gasteiger partial charge in [-0.3, -0.25) is 4.79 Å². The molecule has 0 bridgehead atoms. The van der Waals surface area contributed by atoms with Crippen molar-refractivity contribution < 1.29 is 23.1 Å². The molecule has 2 aromatic carbocycles. The van der Waals surface area contributed by atoms with Crippen molar-refractivity contribution in [1.82, 2.24) is 0 Å². The normalized spacial score (nSPS) is 10.1. The molecule has 0 saturated carbocycles. The maximum Gasteiger partial charge on any atom is 0.338 e. The van der Waals surface area contributed by atoms with Gasteiger partial charge in [0.05, 0.1) is 11.3 Å². The Morgan fingerprint density at radius 3 is 2.59 bits per heavy atom. The first-order valence-corrected chi connectivity index (χ1v) is 6.44. The highest BCUT2D eigenvalue weighted by Crippen LogP contribution is 2.15. The maximum absolute atomic E-state index is 13.6. The first-order valence-electron chi connectivity index (χ1n) is 6.44. The van der Waals surface area contributed by atoms with Crippen LogP contribution in [0.4, 0.5) is 14.5 Å². The van der Waals surface area contributed by atoms with Gasteiger partial charge in [-0.1, -0.05) is 12.1 Å². The van der Waals surface area contributed by atoms with Crippen molar-refractivity contribution in [2.24, 2.45) is 0 Å². The topological polar surface area (TPSA) is 55.4 Å². The highest BCUT2D eigenvalue weighted by atomic mass is 19.1. The van der Waals surface area contributed by atoms with Crippen LogP contribution in [0.15, 0.2) is 42.5 Å². The Morgan fingerprint density at radius 1 is 1.14 bits per heavy atom. The van der Waals surface area contributed by atoms with E-state index in [1.54, 1.807) is 13.0 Å². The molecule has 0 heterocycles. The van der Waals surface area contributed by atoms with Gasteiger partial charge in [0.2, 0.25) is 0 Å². The first kappa shape index (κ1) is 15.6. The van der Waals surface area contributed by atoms with Crippen molar-refractivity contribution >= 4 is 17.6 Å². The van der Waals surface area contributed by atoms with Crippen molar-refractivity contribution in [2.75, 3.05) is 11.9 Å². The lowest BCUT2D eigenvalue weighted by molar-refractivity contribution is -0.119. The molecule has 0 saturated heterocycles. The Kier molecular flexibility index (Phi) is 4.83. The molecule has 0 atom stereocenters. The third kappa shape index (κ3) is 4.12. The minimum Gasteiger partial charge on any atom is -0.452 e. The number of hydrogen-bond donors (Lipinski definition) is 1. The highest BCUT2D eigenvalue weighted by molar-refractivity contribution is 5.95. The first-order chi connectivity index (χ1) is 10.5. The Bertz CT molecular complexity index is 716. The fourth-order valence-electron chi connectivity index (χ4n) is 1.74. The Hall–Kier alpha value is -2.76.